The number of aromatic nitrogens is 4. The van der Waals surface area contributed by atoms with E-state index in [1.54, 1.807) is 48.6 Å². The van der Waals surface area contributed by atoms with Gasteiger partial charge in [-0.25, -0.2) is 0 Å². The summed E-state index contributed by atoms with van der Waals surface area (Å²) in [6.45, 7) is 13.8. The van der Waals surface area contributed by atoms with E-state index in [0.29, 0.717) is 59.3 Å². The van der Waals surface area contributed by atoms with E-state index in [2.05, 4.69) is 45.2 Å². The lowest BCUT2D eigenvalue weighted by molar-refractivity contribution is -0.141. The number of halogens is 2. The largest absolute Gasteiger partial charge is 0.391 e. The van der Waals surface area contributed by atoms with Crippen LogP contribution in [0.25, 0.3) is 5.00 Å². The molecule has 0 aliphatic carbocycles. The Hall–Kier alpha value is -5.54. The third kappa shape index (κ3) is 13.5. The topological polar surface area (TPSA) is 225 Å². The molecule has 7 rings (SSSR count). The van der Waals surface area contributed by atoms with Crippen molar-refractivity contribution in [1.29, 1.82) is 0 Å². The van der Waals surface area contributed by atoms with Crippen LogP contribution in [0.5, 0.6) is 0 Å². The van der Waals surface area contributed by atoms with Crippen LogP contribution >= 0.6 is 34.5 Å². The molecule has 5 atom stereocenters. The number of thiophene rings is 1. The number of hydrogen-bond donors (Lipinski definition) is 4. The number of likely N-dealkylation sites (tertiary alicyclic amines) is 1. The van der Waals surface area contributed by atoms with Crippen LogP contribution in [0.15, 0.2) is 64.1 Å². The molecule has 2 aliphatic rings. The Morgan fingerprint density at radius 1 is 0.859 bits per heavy atom. The Labute approximate surface area is 426 Å². The Bertz CT molecular complexity index is 2670. The molecule has 0 unspecified atom stereocenters. The molecule has 3 aromatic heterocycles. The van der Waals surface area contributed by atoms with Crippen LogP contribution in [0.3, 0.4) is 0 Å². The summed E-state index contributed by atoms with van der Waals surface area (Å²) in [5.41, 5.74) is 5.06. The molecule has 4 N–H and O–H groups in total. The van der Waals surface area contributed by atoms with Gasteiger partial charge in [-0.3, -0.25) is 28.7 Å². The predicted octanol–water partition coefficient (Wildman–Crippen LogP) is 6.07. The second-order valence-electron chi connectivity index (χ2n) is 18.0. The van der Waals surface area contributed by atoms with Gasteiger partial charge in [0, 0.05) is 58.2 Å². The molecule has 0 saturated carbocycles. The fraction of sp³-hybridized carbons (Fsp3) is 0.480. The number of amides is 4. The number of carbonyl (C=O) groups excluding carboxylic acids is 4. The van der Waals surface area contributed by atoms with Crippen molar-refractivity contribution in [1.82, 2.24) is 40.8 Å². The molecule has 5 aromatic rings. The highest BCUT2D eigenvalue weighted by Crippen LogP contribution is 2.40. The van der Waals surface area contributed by atoms with Gasteiger partial charge in [0.1, 0.15) is 34.6 Å². The Morgan fingerprint density at radius 3 is 2.10 bits per heavy atom. The summed E-state index contributed by atoms with van der Waals surface area (Å²) in [5, 5.41) is 34.2. The van der Waals surface area contributed by atoms with Crippen LogP contribution in [0, 0.1) is 33.6 Å². The number of benzene rings is 2. The summed E-state index contributed by atoms with van der Waals surface area (Å²) >= 11 is 14.0. The predicted molar refractivity (Wildman–Crippen MR) is 268 cm³/mol. The molecule has 18 nitrogen and oxygen atoms in total. The Kier molecular flexibility index (Phi) is 18.6. The van der Waals surface area contributed by atoms with Gasteiger partial charge in [0.25, 0.3) is 0 Å². The first kappa shape index (κ1) is 53.3. The molecule has 0 spiro atoms. The van der Waals surface area contributed by atoms with E-state index in [1.165, 1.54) is 4.90 Å². The number of nitrogens with zero attached hydrogens (tertiary/aromatic N) is 6. The minimum atomic E-state index is -0.967. The molecule has 2 aliphatic heterocycles. The fourth-order valence-corrected chi connectivity index (χ4v) is 10.1. The monoisotopic (exact) mass is 1030 g/mol. The van der Waals surface area contributed by atoms with E-state index in [9.17, 15) is 24.3 Å². The number of β-amino-alcohol motifs (C(OH)–C–C–N with tert-alkyl or cyclic N) is 1. The van der Waals surface area contributed by atoms with E-state index in [0.717, 1.165) is 38.1 Å². The lowest BCUT2D eigenvalue weighted by Gasteiger charge is -2.30. The number of aliphatic imine (C=N–C) groups is 1. The average molecular weight is 1040 g/mol. The Morgan fingerprint density at radius 2 is 1.48 bits per heavy atom. The number of aliphatic hydroxyl groups is 1. The van der Waals surface area contributed by atoms with Crippen LogP contribution in [-0.4, -0.2) is 131 Å². The number of ether oxygens (including phenoxy) is 3. The fourth-order valence-electron chi connectivity index (χ4n) is 8.67. The van der Waals surface area contributed by atoms with E-state index >= 15 is 0 Å². The highest BCUT2D eigenvalue weighted by molar-refractivity contribution is 7.15. The molecular weight excluding hydrogens is 974 g/mol. The van der Waals surface area contributed by atoms with Crippen molar-refractivity contribution in [3.05, 3.63) is 115 Å². The van der Waals surface area contributed by atoms with Gasteiger partial charge in [0.05, 0.1) is 76.0 Å². The summed E-state index contributed by atoms with van der Waals surface area (Å²) in [5.74, 6) is -0.520. The van der Waals surface area contributed by atoms with Crippen LogP contribution in [-0.2, 0) is 33.4 Å². The normalized spacial score (nSPS) is 17.3. The number of aliphatic hydroxyl groups excluding tert-OH is 1. The quantitative estimate of drug-likeness (QED) is 0.0548. The summed E-state index contributed by atoms with van der Waals surface area (Å²) < 4.78 is 24.4. The van der Waals surface area contributed by atoms with Gasteiger partial charge in [0.15, 0.2) is 5.82 Å². The molecule has 1 saturated heterocycles. The summed E-state index contributed by atoms with van der Waals surface area (Å²) in [4.78, 5) is 62.0. The standard InChI is InChI=1S/C50H61Cl2N9O9S/c1-28(2)44(41-23-29(3)59-70-41)49(66)60-27-37(62)24-40(60)48(65)56-38(33-7-11-35(51)12-8-33)25-42(63)53-15-17-67-19-21-69-22-20-68-18-16-54-43(64)26-39-47-58-57-32(6)61(47)50-45(30(4)31(5)71-50)46(55-39)34-9-13-36(52)14-10-34/h7-14,23,28,37-40,44,62H,15-22,24-27H2,1-6H3,(H,53,63)(H,54,64)(H,56,65)/t37-,38+,39+,40+,44-/m1/s1. The zero-order valence-electron chi connectivity index (χ0n) is 40.7. The summed E-state index contributed by atoms with van der Waals surface area (Å²) in [6.07, 6.45) is -0.894. The van der Waals surface area contributed by atoms with Crippen LogP contribution in [0.2, 0.25) is 10.0 Å². The molecule has 380 valence electrons. The zero-order valence-corrected chi connectivity index (χ0v) is 43.0. The molecule has 21 heteroatoms. The minimum Gasteiger partial charge on any atom is -0.391 e. The number of carbonyl (C=O) groups is 4. The molecular formula is C50H61Cl2N9O9S. The van der Waals surface area contributed by atoms with Crippen LogP contribution in [0.1, 0.15) is 101 Å². The van der Waals surface area contributed by atoms with Crippen LogP contribution < -0.4 is 16.0 Å². The smallest absolute Gasteiger partial charge is 0.243 e. The van der Waals surface area contributed by atoms with Crippen molar-refractivity contribution in [2.75, 3.05) is 59.3 Å². The summed E-state index contributed by atoms with van der Waals surface area (Å²) in [6, 6.07) is 13.7. The van der Waals surface area contributed by atoms with E-state index in [1.807, 2.05) is 49.6 Å². The van der Waals surface area contributed by atoms with Gasteiger partial charge in [-0.2, -0.15) is 0 Å². The molecule has 0 bridgehead atoms. The SMILES string of the molecule is Cc1cc([C@H](C(=O)N2C[C@H](O)C[C@H]2C(=O)N[C@@H](CC(=O)NCCOCCOCCOCCNC(=O)C[C@@H]2N=C(c3ccc(Cl)cc3)c3c(sc(C)c3C)-n3c(C)nnc32)c2ccc(Cl)cc2)C(C)C)on1. The van der Waals surface area contributed by atoms with Gasteiger partial charge < -0.3 is 44.7 Å². The highest BCUT2D eigenvalue weighted by Gasteiger charge is 2.44. The average Bonchev–Trinajstić information content (AvgIpc) is 4.10. The third-order valence-electron chi connectivity index (χ3n) is 12.3. The molecule has 2 aromatic carbocycles. The second-order valence-corrected chi connectivity index (χ2v) is 20.0. The summed E-state index contributed by atoms with van der Waals surface area (Å²) in [7, 11) is 0. The maximum atomic E-state index is 13.9. The van der Waals surface area contributed by atoms with Gasteiger partial charge in [-0.1, -0.05) is 66.5 Å². The van der Waals surface area contributed by atoms with Crippen molar-refractivity contribution >= 4 is 63.9 Å². The van der Waals surface area contributed by atoms with Gasteiger partial charge in [-0.05, 0) is 69.0 Å². The first-order valence-corrected chi connectivity index (χ1v) is 25.3. The second kappa shape index (κ2) is 24.7. The van der Waals surface area contributed by atoms with Crippen molar-refractivity contribution in [2.24, 2.45) is 10.9 Å². The first-order valence-electron chi connectivity index (χ1n) is 23.7. The van der Waals surface area contributed by atoms with E-state index in [4.69, 9.17) is 46.9 Å². The van der Waals surface area contributed by atoms with Gasteiger partial charge in [-0.15, -0.1) is 21.5 Å². The molecule has 5 heterocycles. The van der Waals surface area contributed by atoms with Crippen molar-refractivity contribution in [3.63, 3.8) is 0 Å². The number of fused-ring (bicyclic) bond motifs is 3. The molecule has 0 radical (unpaired) electrons. The molecule has 1 fully saturated rings. The van der Waals surface area contributed by atoms with E-state index in [-0.39, 0.29) is 75.8 Å². The number of aryl methyl sites for hydroxylation is 3. The lowest BCUT2D eigenvalue weighted by atomic mass is 9.91. The number of nitrogens with one attached hydrogen (secondary N) is 3. The van der Waals surface area contributed by atoms with Crippen molar-refractivity contribution < 1.29 is 43.0 Å². The van der Waals surface area contributed by atoms with Gasteiger partial charge >= 0.3 is 0 Å². The van der Waals surface area contributed by atoms with Gasteiger partial charge in [0.2, 0.25) is 23.6 Å². The maximum absolute atomic E-state index is 13.9. The van der Waals surface area contributed by atoms with Crippen molar-refractivity contribution in [2.45, 2.75) is 91.0 Å². The third-order valence-corrected chi connectivity index (χ3v) is 14.0. The van der Waals surface area contributed by atoms with Crippen molar-refractivity contribution in [3.8, 4) is 5.00 Å². The maximum Gasteiger partial charge on any atom is 0.243 e. The molecule has 71 heavy (non-hydrogen) atoms. The Balaban J connectivity index is 0.796. The highest BCUT2D eigenvalue weighted by atomic mass is 35.5. The number of rotatable bonds is 23. The molecule has 4 amide bonds. The lowest BCUT2D eigenvalue weighted by Crippen LogP contribution is -2.49. The zero-order chi connectivity index (χ0) is 50.8. The minimum absolute atomic E-state index is 0.0175. The first-order chi connectivity index (χ1) is 34.1. The van der Waals surface area contributed by atoms with Crippen LogP contribution in [0.4, 0.5) is 0 Å². The number of hydrogen-bond acceptors (Lipinski definition) is 14. The van der Waals surface area contributed by atoms with E-state index < -0.39 is 36.1 Å².